The molecule has 0 aromatic carbocycles. The van der Waals surface area contributed by atoms with Gasteiger partial charge in [-0.25, -0.2) is 0 Å². The van der Waals surface area contributed by atoms with Crippen molar-refractivity contribution in [3.63, 3.8) is 0 Å². The third-order valence-electron chi connectivity index (χ3n) is 3.20. The predicted octanol–water partition coefficient (Wildman–Crippen LogP) is 1.95. The molecule has 0 unspecified atom stereocenters. The number of piperidine rings is 1. The van der Waals surface area contributed by atoms with E-state index in [9.17, 15) is 4.79 Å². The molecule has 7 heteroatoms. The normalized spacial score (nSPS) is 25.9. The summed E-state index contributed by atoms with van der Waals surface area (Å²) in [6.45, 7) is 2.89. The van der Waals surface area contributed by atoms with Crippen LogP contribution in [0.25, 0.3) is 5.32 Å². The van der Waals surface area contributed by atoms with Gasteiger partial charge in [0.25, 0.3) is 0 Å². The first-order chi connectivity index (χ1) is 5.30. The Morgan fingerprint density at radius 2 is 1.88 bits per heavy atom. The maximum Gasteiger partial charge on any atom is 2.00 e. The summed E-state index contributed by atoms with van der Waals surface area (Å²) in [6.07, 6.45) is 3.63. The van der Waals surface area contributed by atoms with Gasteiger partial charge in [-0.2, -0.15) is 6.42 Å². The minimum atomic E-state index is -0.0150. The quantitative estimate of drug-likeness (QED) is 0.343. The predicted molar refractivity (Wildman–Crippen MR) is 46.2 cm³/mol. The van der Waals surface area contributed by atoms with E-state index in [-0.39, 0.29) is 97.7 Å². The van der Waals surface area contributed by atoms with Crippen LogP contribution in [0, 0.1) is 19.4 Å². The third kappa shape index (κ3) is 3.76. The number of nitrogens with zero attached hydrogens (tertiary/aromatic N) is 2. The smallest absolute Gasteiger partial charge is 0.586 e. The van der Waals surface area contributed by atoms with E-state index < -0.39 is 0 Å². The van der Waals surface area contributed by atoms with Crippen molar-refractivity contribution in [2.24, 2.45) is 5.41 Å². The molecule has 90 valence electrons. The van der Waals surface area contributed by atoms with E-state index in [0.717, 1.165) is 13.0 Å². The monoisotopic (exact) mass is 901 g/mol. The van der Waals surface area contributed by atoms with Gasteiger partial charge >= 0.3 is 21.1 Å². The van der Waals surface area contributed by atoms with Crippen LogP contribution in [0.4, 0.5) is 4.79 Å². The van der Waals surface area contributed by atoms with Crippen LogP contribution < -0.4 is 0 Å². The van der Waals surface area contributed by atoms with Crippen LogP contribution in [0.1, 0.15) is 19.3 Å². The van der Waals surface area contributed by atoms with Gasteiger partial charge in [-0.15, -0.1) is 0 Å². The summed E-state index contributed by atoms with van der Waals surface area (Å²) in [4.78, 5) is 12.9. The molecule has 3 rings (SSSR count). The third-order valence-corrected chi connectivity index (χ3v) is 3.20. The number of urea groups is 1. The van der Waals surface area contributed by atoms with Crippen LogP contribution in [-0.2, 0) is 84.3 Å². The molecular formula is C9H13N2OW4-. The van der Waals surface area contributed by atoms with E-state index in [0.29, 0.717) is 11.5 Å². The number of rotatable bonds is 0. The summed E-state index contributed by atoms with van der Waals surface area (Å²) < 4.78 is 0. The van der Waals surface area contributed by atoms with Crippen molar-refractivity contribution >= 4 is 6.03 Å². The minimum Gasteiger partial charge on any atom is -0.586 e. The van der Waals surface area contributed by atoms with Gasteiger partial charge < -0.3 is 29.0 Å². The molecule has 0 aromatic heterocycles. The average molecular weight is 901 g/mol. The molecule has 1 spiro atoms. The second-order valence-electron chi connectivity index (χ2n) is 3.83. The Morgan fingerprint density at radius 3 is 2.38 bits per heavy atom. The van der Waals surface area contributed by atoms with Crippen molar-refractivity contribution in [3.05, 3.63) is 19.3 Å². The Morgan fingerprint density at radius 1 is 1.31 bits per heavy atom. The average Bonchev–Trinajstić information content (AvgIpc) is 2.70. The summed E-state index contributed by atoms with van der Waals surface area (Å²) in [5, 5.41) is 4.12. The number of carbonyl (C=O) groups excluding carboxylic acids is 1. The second kappa shape index (κ2) is 8.25. The Balaban J connectivity index is -0.000000338. The zero-order valence-corrected chi connectivity index (χ0v) is 20.7. The molecule has 0 radical (unpaired) electrons. The molecule has 3 fully saturated rings. The summed E-state index contributed by atoms with van der Waals surface area (Å²) >= 11 is 0. The number of carbonyl (C=O) groups is 1. The minimum absolute atomic E-state index is 0. The van der Waals surface area contributed by atoms with Crippen LogP contribution in [0.5, 0.6) is 0 Å². The molecule has 3 nitrogen and oxygen atoms in total. The first-order valence-electron chi connectivity index (χ1n) is 4.15. The van der Waals surface area contributed by atoms with E-state index in [1.54, 1.807) is 4.90 Å². The Kier molecular flexibility index (Phi) is 11.9. The summed E-state index contributed by atoms with van der Waals surface area (Å²) in [5.74, 6) is 0. The van der Waals surface area contributed by atoms with Crippen molar-refractivity contribution in [2.45, 2.75) is 25.3 Å². The van der Waals surface area contributed by atoms with Crippen LogP contribution in [-0.4, -0.2) is 23.5 Å². The van der Waals surface area contributed by atoms with Gasteiger partial charge in [0.2, 0.25) is 0 Å². The molecule has 2 aliphatic heterocycles. The zero-order chi connectivity index (χ0) is 7.47. The molecular weight excluding hydrogens is 887 g/mol. The number of amides is 2. The fourth-order valence-electron chi connectivity index (χ4n) is 2.12. The zero-order valence-electron chi connectivity index (χ0n) is 8.92. The molecule has 1 saturated carbocycles. The van der Waals surface area contributed by atoms with Crippen LogP contribution in [0.2, 0.25) is 0 Å². The first-order valence-corrected chi connectivity index (χ1v) is 4.15. The fraction of sp³-hybridized carbons (Fsp3) is 0.667. The molecule has 3 aliphatic rings. The largest absolute Gasteiger partial charge is 2.00 e. The van der Waals surface area contributed by atoms with E-state index in [1.807, 2.05) is 6.54 Å². The summed E-state index contributed by atoms with van der Waals surface area (Å²) in [7, 11) is 0. The van der Waals surface area contributed by atoms with Gasteiger partial charge in [0.05, 0.1) is 0 Å². The van der Waals surface area contributed by atoms with Crippen molar-refractivity contribution in [1.29, 1.82) is 0 Å². The van der Waals surface area contributed by atoms with Gasteiger partial charge in [0, 0.05) is 63.2 Å². The van der Waals surface area contributed by atoms with Crippen LogP contribution in [0.15, 0.2) is 0 Å². The molecule has 16 heavy (non-hydrogen) atoms. The molecule has 0 N–H and O–H groups in total. The maximum absolute atomic E-state index is 11.1. The van der Waals surface area contributed by atoms with E-state index in [4.69, 9.17) is 0 Å². The van der Waals surface area contributed by atoms with Crippen molar-refractivity contribution in [3.8, 4) is 0 Å². The van der Waals surface area contributed by atoms with Crippen molar-refractivity contribution < 1.29 is 89.1 Å². The fourth-order valence-corrected chi connectivity index (χ4v) is 2.12. The van der Waals surface area contributed by atoms with Gasteiger partial charge in [0.15, 0.2) is 0 Å². The topological polar surface area (TPSA) is 34.4 Å². The Bertz CT molecular complexity index is 236. The van der Waals surface area contributed by atoms with Gasteiger partial charge in [-0.1, -0.05) is 12.0 Å². The molecule has 2 amide bonds. The first kappa shape index (κ1) is 23.1. The molecule has 0 aromatic rings. The number of fused-ring (bicyclic) bond motifs is 3. The number of hydrogen-bond acceptors (Lipinski definition) is 1. The van der Waals surface area contributed by atoms with Crippen LogP contribution in [0.3, 0.4) is 0 Å². The second-order valence-corrected chi connectivity index (χ2v) is 3.83. The van der Waals surface area contributed by atoms with E-state index in [1.165, 1.54) is 12.8 Å². The van der Waals surface area contributed by atoms with E-state index >= 15 is 0 Å². The standard InChI is InChI=1S/C8H11N2O.CH3.4W/c11-7-9-6-5-10(7)4-3-8(6)1-2-8;;;;;/h4,6H,1-3,5H2,(H,9,11);1H3;;;;/q2*-1;;;;+2/p-1/t6-;;;;;/m0...../s1. The molecule has 1 aliphatic carbocycles. The van der Waals surface area contributed by atoms with Gasteiger partial charge in [0.1, 0.15) is 6.03 Å². The Hall–Kier alpha value is 2.02. The van der Waals surface area contributed by atoms with Gasteiger partial charge in [-0.3, -0.25) is 0 Å². The number of hydrogen-bond donors (Lipinski definition) is 0. The summed E-state index contributed by atoms with van der Waals surface area (Å²) in [5.41, 5.74) is 0.433. The van der Waals surface area contributed by atoms with Crippen molar-refractivity contribution in [1.82, 2.24) is 4.90 Å². The maximum atomic E-state index is 11.1. The van der Waals surface area contributed by atoms with Crippen molar-refractivity contribution in [2.75, 3.05) is 6.54 Å². The molecule has 2 bridgehead atoms. The van der Waals surface area contributed by atoms with Crippen LogP contribution >= 0.6 is 0 Å². The molecule has 2 saturated heterocycles. The molecule has 2 heterocycles. The Labute approximate surface area is 155 Å². The SMILES string of the molecule is O=C1[N-][C@H]2CN1[CH-]CC21CC1.[CH3-].[W+2].[W].[W].[W]. The van der Waals surface area contributed by atoms with Gasteiger partial charge in [-0.05, 0) is 18.9 Å². The van der Waals surface area contributed by atoms with E-state index in [2.05, 4.69) is 5.32 Å². The molecule has 1 atom stereocenters. The summed E-state index contributed by atoms with van der Waals surface area (Å²) in [6, 6.07) is 0.318.